The zero-order valence-corrected chi connectivity index (χ0v) is 10.8. The minimum atomic E-state index is -0.234. The molecular formula is C14H12N2OS. The van der Waals surface area contributed by atoms with Gasteiger partial charge in [-0.05, 0) is 6.92 Å². The van der Waals surface area contributed by atoms with Crippen LogP contribution >= 0.6 is 11.3 Å². The first-order valence-electron chi connectivity index (χ1n) is 5.45. The third-order valence-electron chi connectivity index (χ3n) is 2.39. The number of aryl methyl sites for hydroxylation is 1. The smallest absolute Gasteiger partial charge is 0.271 e. The van der Waals surface area contributed by atoms with E-state index in [4.69, 9.17) is 6.42 Å². The Balaban J connectivity index is 2.18. The van der Waals surface area contributed by atoms with Crippen LogP contribution in [0, 0.1) is 19.3 Å². The van der Waals surface area contributed by atoms with Crippen molar-refractivity contribution in [2.45, 2.75) is 6.92 Å². The number of aromatic nitrogens is 1. The predicted molar refractivity (Wildman–Crippen MR) is 73.5 cm³/mol. The Bertz CT molecular complexity index is 593. The summed E-state index contributed by atoms with van der Waals surface area (Å²) in [7, 11) is 0. The summed E-state index contributed by atoms with van der Waals surface area (Å²) in [6.07, 6.45) is 5.08. The summed E-state index contributed by atoms with van der Waals surface area (Å²) in [6.45, 7) is 2.25. The number of nitrogens with one attached hydrogen (secondary N) is 1. The number of amides is 1. The summed E-state index contributed by atoms with van der Waals surface area (Å²) in [5, 5.41) is 5.16. The van der Waals surface area contributed by atoms with Crippen LogP contribution in [0.2, 0.25) is 0 Å². The van der Waals surface area contributed by atoms with Crippen molar-refractivity contribution in [1.82, 2.24) is 10.3 Å². The van der Waals surface area contributed by atoms with Gasteiger partial charge >= 0.3 is 0 Å². The average molecular weight is 256 g/mol. The Kier molecular flexibility index (Phi) is 3.75. The van der Waals surface area contributed by atoms with Crippen LogP contribution in [0.3, 0.4) is 0 Å². The van der Waals surface area contributed by atoms with Crippen molar-refractivity contribution in [1.29, 1.82) is 0 Å². The molecule has 90 valence electrons. The minimum absolute atomic E-state index is 0.218. The van der Waals surface area contributed by atoms with Gasteiger partial charge in [-0.25, -0.2) is 4.98 Å². The number of carbonyl (C=O) groups excluding carboxylic acids is 1. The molecule has 3 nitrogen and oxygen atoms in total. The van der Waals surface area contributed by atoms with E-state index in [2.05, 4.69) is 16.2 Å². The van der Waals surface area contributed by atoms with E-state index in [1.807, 2.05) is 31.2 Å². The van der Waals surface area contributed by atoms with E-state index in [1.54, 1.807) is 5.38 Å². The van der Waals surface area contributed by atoms with Crippen molar-refractivity contribution in [3.63, 3.8) is 0 Å². The first-order valence-corrected chi connectivity index (χ1v) is 6.33. The van der Waals surface area contributed by atoms with Gasteiger partial charge in [0, 0.05) is 10.9 Å². The molecule has 1 aromatic carbocycles. The van der Waals surface area contributed by atoms with Crippen LogP contribution in [0.25, 0.3) is 10.6 Å². The average Bonchev–Trinajstić information content (AvgIpc) is 2.86. The van der Waals surface area contributed by atoms with Gasteiger partial charge in [0.15, 0.2) is 0 Å². The lowest BCUT2D eigenvalue weighted by Gasteiger charge is -1.98. The zero-order valence-electron chi connectivity index (χ0n) is 9.93. The Morgan fingerprint density at radius 3 is 2.83 bits per heavy atom. The minimum Gasteiger partial charge on any atom is -0.340 e. The highest BCUT2D eigenvalue weighted by atomic mass is 32.1. The molecule has 1 N–H and O–H groups in total. The van der Waals surface area contributed by atoms with Gasteiger partial charge in [0.05, 0.1) is 6.54 Å². The molecule has 4 heteroatoms. The highest BCUT2D eigenvalue weighted by molar-refractivity contribution is 7.13. The molecule has 2 rings (SSSR count). The van der Waals surface area contributed by atoms with Crippen molar-refractivity contribution >= 4 is 17.2 Å². The third kappa shape index (κ3) is 2.76. The fourth-order valence-corrected chi connectivity index (χ4v) is 2.23. The second-order valence-electron chi connectivity index (χ2n) is 3.79. The zero-order chi connectivity index (χ0) is 13.0. The predicted octanol–water partition coefficient (Wildman–Crippen LogP) is 2.48. The molecule has 1 aromatic heterocycles. The van der Waals surface area contributed by atoms with Gasteiger partial charge in [-0.3, -0.25) is 4.79 Å². The molecular weight excluding hydrogens is 244 g/mol. The van der Waals surface area contributed by atoms with E-state index in [0.717, 1.165) is 10.6 Å². The van der Waals surface area contributed by atoms with Crippen molar-refractivity contribution in [2.75, 3.05) is 6.54 Å². The molecule has 18 heavy (non-hydrogen) atoms. The van der Waals surface area contributed by atoms with Crippen molar-refractivity contribution in [2.24, 2.45) is 0 Å². The quantitative estimate of drug-likeness (QED) is 0.857. The van der Waals surface area contributed by atoms with Crippen LogP contribution in [0.15, 0.2) is 29.6 Å². The van der Waals surface area contributed by atoms with E-state index < -0.39 is 0 Å². The number of hydrogen-bond acceptors (Lipinski definition) is 3. The highest BCUT2D eigenvalue weighted by Crippen LogP contribution is 2.23. The van der Waals surface area contributed by atoms with Crippen LogP contribution in [-0.4, -0.2) is 17.4 Å². The molecule has 0 unspecified atom stereocenters. The number of thiazole rings is 1. The van der Waals surface area contributed by atoms with E-state index >= 15 is 0 Å². The molecule has 0 radical (unpaired) electrons. The van der Waals surface area contributed by atoms with Crippen LogP contribution < -0.4 is 5.32 Å². The number of terminal acetylenes is 1. The standard InChI is InChI=1S/C14H12N2OS/c1-3-8-15-13(17)12-9-18-14(16-12)11-6-4-10(2)5-7-11/h1,4-7,9H,8H2,2H3,(H,15,17). The maximum absolute atomic E-state index is 11.6. The Labute approximate surface area is 110 Å². The number of rotatable bonds is 3. The lowest BCUT2D eigenvalue weighted by atomic mass is 10.2. The molecule has 0 aliphatic rings. The molecule has 0 bridgehead atoms. The van der Waals surface area contributed by atoms with Crippen molar-refractivity contribution in [3.8, 4) is 22.9 Å². The number of benzene rings is 1. The molecule has 0 atom stereocenters. The van der Waals surface area contributed by atoms with Crippen LogP contribution in [-0.2, 0) is 0 Å². The Morgan fingerprint density at radius 2 is 2.17 bits per heavy atom. The summed E-state index contributed by atoms with van der Waals surface area (Å²) < 4.78 is 0. The molecule has 1 heterocycles. The second kappa shape index (κ2) is 5.48. The molecule has 0 spiro atoms. The maximum atomic E-state index is 11.6. The SMILES string of the molecule is C#CCNC(=O)c1csc(-c2ccc(C)cc2)n1. The first kappa shape index (κ1) is 12.3. The van der Waals surface area contributed by atoms with Gasteiger partial charge in [-0.1, -0.05) is 35.7 Å². The maximum Gasteiger partial charge on any atom is 0.271 e. The van der Waals surface area contributed by atoms with Gasteiger partial charge in [0.25, 0.3) is 5.91 Å². The van der Waals surface area contributed by atoms with Crippen LogP contribution in [0.1, 0.15) is 16.1 Å². The number of nitrogens with zero attached hydrogens (tertiary/aromatic N) is 1. The molecule has 0 aliphatic carbocycles. The monoisotopic (exact) mass is 256 g/mol. The van der Waals surface area contributed by atoms with E-state index in [1.165, 1.54) is 16.9 Å². The van der Waals surface area contributed by atoms with Gasteiger partial charge in [0.2, 0.25) is 0 Å². The normalized spacial score (nSPS) is 9.78. The van der Waals surface area contributed by atoms with Crippen LogP contribution in [0.4, 0.5) is 0 Å². The fraction of sp³-hybridized carbons (Fsp3) is 0.143. The van der Waals surface area contributed by atoms with Gasteiger partial charge in [-0.15, -0.1) is 17.8 Å². The summed E-state index contributed by atoms with van der Waals surface area (Å²) in [5.74, 6) is 2.12. The summed E-state index contributed by atoms with van der Waals surface area (Å²) in [6, 6.07) is 8.04. The van der Waals surface area contributed by atoms with Gasteiger partial charge < -0.3 is 5.32 Å². The summed E-state index contributed by atoms with van der Waals surface area (Å²) in [4.78, 5) is 15.9. The Morgan fingerprint density at radius 1 is 1.44 bits per heavy atom. The third-order valence-corrected chi connectivity index (χ3v) is 3.28. The van der Waals surface area contributed by atoms with E-state index in [-0.39, 0.29) is 12.5 Å². The number of carbonyl (C=O) groups is 1. The fourth-order valence-electron chi connectivity index (χ4n) is 1.43. The van der Waals surface area contributed by atoms with E-state index in [9.17, 15) is 4.79 Å². The largest absolute Gasteiger partial charge is 0.340 e. The van der Waals surface area contributed by atoms with Gasteiger partial charge in [-0.2, -0.15) is 0 Å². The lowest BCUT2D eigenvalue weighted by molar-refractivity contribution is 0.0954. The van der Waals surface area contributed by atoms with Gasteiger partial charge in [0.1, 0.15) is 10.7 Å². The first-order chi connectivity index (χ1) is 8.70. The molecule has 1 amide bonds. The topological polar surface area (TPSA) is 42.0 Å². The molecule has 0 saturated carbocycles. The Hall–Kier alpha value is -2.12. The van der Waals surface area contributed by atoms with Crippen LogP contribution in [0.5, 0.6) is 0 Å². The molecule has 0 aliphatic heterocycles. The van der Waals surface area contributed by atoms with Crippen molar-refractivity contribution in [3.05, 3.63) is 40.9 Å². The number of hydrogen-bond donors (Lipinski definition) is 1. The summed E-state index contributed by atoms with van der Waals surface area (Å²) in [5.41, 5.74) is 2.62. The molecule has 0 saturated heterocycles. The lowest BCUT2D eigenvalue weighted by Crippen LogP contribution is -2.23. The second-order valence-corrected chi connectivity index (χ2v) is 4.65. The highest BCUT2D eigenvalue weighted by Gasteiger charge is 2.10. The summed E-state index contributed by atoms with van der Waals surface area (Å²) >= 11 is 1.45. The molecule has 0 fully saturated rings. The van der Waals surface area contributed by atoms with Crippen molar-refractivity contribution < 1.29 is 4.79 Å². The molecule has 2 aromatic rings. The van der Waals surface area contributed by atoms with E-state index in [0.29, 0.717) is 5.69 Å².